The third kappa shape index (κ3) is 3.23. The summed E-state index contributed by atoms with van der Waals surface area (Å²) in [7, 11) is 4.54. The summed E-state index contributed by atoms with van der Waals surface area (Å²) in [5, 5.41) is 4.04. The Hall–Kier alpha value is -2.99. The largest absolute Gasteiger partial charge is 0.493 e. The predicted octanol–water partition coefficient (Wildman–Crippen LogP) is 4.25. The lowest BCUT2D eigenvalue weighted by Gasteiger charge is -2.14. The second-order valence-electron chi connectivity index (χ2n) is 5.56. The van der Waals surface area contributed by atoms with Crippen molar-refractivity contribution in [3.63, 3.8) is 0 Å². The Kier molecular flexibility index (Phi) is 5.14. The monoisotopic (exact) mass is 369 g/mol. The number of anilines is 1. The van der Waals surface area contributed by atoms with Gasteiger partial charge in [0, 0.05) is 16.8 Å². The number of rotatable bonds is 6. The molecule has 0 bridgehead atoms. The predicted molar refractivity (Wildman–Crippen MR) is 104 cm³/mol. The zero-order chi connectivity index (χ0) is 18.7. The third-order valence-corrected chi connectivity index (χ3v) is 4.76. The van der Waals surface area contributed by atoms with Gasteiger partial charge in [-0.2, -0.15) is 11.3 Å². The lowest BCUT2D eigenvalue weighted by atomic mass is 9.98. The van der Waals surface area contributed by atoms with Crippen molar-refractivity contribution in [2.75, 3.05) is 27.1 Å². The van der Waals surface area contributed by atoms with Crippen LogP contribution in [0, 0.1) is 0 Å². The number of hydrogen-bond donors (Lipinski definition) is 1. The van der Waals surface area contributed by atoms with E-state index >= 15 is 0 Å². The molecule has 6 heteroatoms. The molecule has 0 radical (unpaired) electrons. The average molecular weight is 369 g/mol. The molecule has 3 aromatic rings. The van der Waals surface area contributed by atoms with Gasteiger partial charge in [0.15, 0.2) is 17.3 Å². The topological polar surface area (TPSA) is 70.8 Å². The van der Waals surface area contributed by atoms with E-state index in [1.165, 1.54) is 21.3 Å². The van der Waals surface area contributed by atoms with Crippen LogP contribution in [0.25, 0.3) is 11.1 Å². The van der Waals surface area contributed by atoms with E-state index < -0.39 is 0 Å². The number of methoxy groups -OCH3 is 3. The molecule has 0 spiro atoms. The Labute approximate surface area is 155 Å². The highest BCUT2D eigenvalue weighted by atomic mass is 32.1. The average Bonchev–Trinajstić information content (AvgIpc) is 3.20. The molecule has 0 unspecified atom stereocenters. The second kappa shape index (κ2) is 7.49. The van der Waals surface area contributed by atoms with Gasteiger partial charge in [0.25, 0.3) is 0 Å². The van der Waals surface area contributed by atoms with Crippen molar-refractivity contribution < 1.29 is 19.0 Å². The van der Waals surface area contributed by atoms with Crippen molar-refractivity contribution in [1.82, 2.24) is 0 Å². The zero-order valence-electron chi connectivity index (χ0n) is 14.7. The molecule has 134 valence electrons. The van der Waals surface area contributed by atoms with E-state index in [-0.39, 0.29) is 5.78 Å². The molecule has 2 aromatic carbocycles. The van der Waals surface area contributed by atoms with Crippen LogP contribution in [0.2, 0.25) is 0 Å². The van der Waals surface area contributed by atoms with Crippen molar-refractivity contribution >= 4 is 22.8 Å². The van der Waals surface area contributed by atoms with Gasteiger partial charge in [0.1, 0.15) is 0 Å². The minimum Gasteiger partial charge on any atom is -0.493 e. The van der Waals surface area contributed by atoms with Crippen LogP contribution >= 0.6 is 11.3 Å². The maximum Gasteiger partial charge on any atom is 0.203 e. The van der Waals surface area contributed by atoms with Crippen molar-refractivity contribution in [3.05, 3.63) is 58.3 Å². The van der Waals surface area contributed by atoms with Gasteiger partial charge >= 0.3 is 0 Å². The Morgan fingerprint density at radius 2 is 1.62 bits per heavy atom. The molecule has 1 aromatic heterocycles. The molecular formula is C20H19NO4S. The van der Waals surface area contributed by atoms with Crippen molar-refractivity contribution in [3.8, 4) is 28.4 Å². The van der Waals surface area contributed by atoms with Gasteiger partial charge in [-0.15, -0.1) is 0 Å². The lowest BCUT2D eigenvalue weighted by Crippen LogP contribution is -2.07. The van der Waals surface area contributed by atoms with Crippen LogP contribution in [-0.4, -0.2) is 27.1 Å². The molecule has 0 aliphatic carbocycles. The molecule has 0 saturated heterocycles. The first-order valence-electron chi connectivity index (χ1n) is 7.85. The summed E-state index contributed by atoms with van der Waals surface area (Å²) >= 11 is 1.61. The number of carbonyl (C=O) groups excluding carboxylic acids is 1. The number of ketones is 1. The molecule has 1 heterocycles. The highest BCUT2D eigenvalue weighted by Crippen LogP contribution is 2.39. The lowest BCUT2D eigenvalue weighted by molar-refractivity contribution is 0.103. The van der Waals surface area contributed by atoms with Gasteiger partial charge in [-0.05, 0) is 52.2 Å². The molecule has 2 N–H and O–H groups in total. The van der Waals surface area contributed by atoms with Crippen molar-refractivity contribution in [2.45, 2.75) is 0 Å². The minimum absolute atomic E-state index is 0.210. The summed E-state index contributed by atoms with van der Waals surface area (Å²) in [6, 6.07) is 10.7. The maximum absolute atomic E-state index is 13.0. The number of nitrogens with two attached hydrogens (primary N) is 1. The van der Waals surface area contributed by atoms with Crippen LogP contribution in [-0.2, 0) is 0 Å². The van der Waals surface area contributed by atoms with E-state index in [2.05, 4.69) is 0 Å². The molecule has 5 nitrogen and oxygen atoms in total. The van der Waals surface area contributed by atoms with Crippen molar-refractivity contribution in [1.29, 1.82) is 0 Å². The van der Waals surface area contributed by atoms with Gasteiger partial charge in [0.2, 0.25) is 5.75 Å². The van der Waals surface area contributed by atoms with E-state index in [9.17, 15) is 4.79 Å². The number of hydrogen-bond acceptors (Lipinski definition) is 6. The van der Waals surface area contributed by atoms with Gasteiger partial charge < -0.3 is 19.9 Å². The number of benzene rings is 2. The van der Waals surface area contributed by atoms with Crippen LogP contribution in [0.3, 0.4) is 0 Å². The Bertz CT molecular complexity index is 910. The fourth-order valence-electron chi connectivity index (χ4n) is 2.75. The normalized spacial score (nSPS) is 10.4. The van der Waals surface area contributed by atoms with Gasteiger partial charge in [0.05, 0.1) is 21.3 Å². The van der Waals surface area contributed by atoms with Crippen LogP contribution in [0.15, 0.2) is 47.2 Å². The molecule has 0 amide bonds. The fourth-order valence-corrected chi connectivity index (χ4v) is 3.41. The SMILES string of the molecule is COc1cc(C(=O)c2ccc(-c3ccsc3)cc2N)cc(OC)c1OC. The summed E-state index contributed by atoms with van der Waals surface area (Å²) in [4.78, 5) is 13.0. The smallest absolute Gasteiger partial charge is 0.203 e. The molecule has 0 fully saturated rings. The van der Waals surface area contributed by atoms with Crippen molar-refractivity contribution in [2.24, 2.45) is 0 Å². The summed E-state index contributed by atoms with van der Waals surface area (Å²) in [6.45, 7) is 0. The number of ether oxygens (including phenoxy) is 3. The van der Waals surface area contributed by atoms with Crippen LogP contribution in [0.5, 0.6) is 17.2 Å². The number of carbonyl (C=O) groups is 1. The van der Waals surface area contributed by atoms with Gasteiger partial charge in [-0.3, -0.25) is 4.79 Å². The maximum atomic E-state index is 13.0. The molecule has 0 aliphatic heterocycles. The van der Waals surface area contributed by atoms with E-state index in [0.717, 1.165) is 11.1 Å². The summed E-state index contributed by atoms with van der Waals surface area (Å²) < 4.78 is 15.9. The van der Waals surface area contributed by atoms with E-state index in [1.54, 1.807) is 29.5 Å². The summed E-state index contributed by atoms with van der Waals surface area (Å²) in [6.07, 6.45) is 0. The molecule has 26 heavy (non-hydrogen) atoms. The third-order valence-electron chi connectivity index (χ3n) is 4.08. The highest BCUT2D eigenvalue weighted by Gasteiger charge is 2.19. The standard InChI is InChI=1S/C20H19NO4S/c1-23-17-9-14(10-18(24-2)20(17)25-3)19(22)15-5-4-12(8-16(15)21)13-6-7-26-11-13/h4-11H,21H2,1-3H3. The van der Waals surface area contributed by atoms with E-state index in [4.69, 9.17) is 19.9 Å². The van der Waals surface area contributed by atoms with E-state index in [1.807, 2.05) is 29.0 Å². The van der Waals surface area contributed by atoms with Crippen LogP contribution in [0.1, 0.15) is 15.9 Å². The first-order chi connectivity index (χ1) is 12.6. The Morgan fingerprint density at radius 3 is 2.12 bits per heavy atom. The Morgan fingerprint density at radius 1 is 0.923 bits per heavy atom. The Balaban J connectivity index is 2.02. The molecular weight excluding hydrogens is 350 g/mol. The molecule has 0 saturated carbocycles. The van der Waals surface area contributed by atoms with Gasteiger partial charge in [-0.1, -0.05) is 6.07 Å². The number of thiophene rings is 1. The molecule has 0 atom stereocenters. The molecule has 0 aliphatic rings. The second-order valence-corrected chi connectivity index (χ2v) is 6.34. The van der Waals surface area contributed by atoms with Crippen LogP contribution < -0.4 is 19.9 Å². The summed E-state index contributed by atoms with van der Waals surface area (Å²) in [5.74, 6) is 1.07. The molecule has 3 rings (SSSR count). The fraction of sp³-hybridized carbons (Fsp3) is 0.150. The van der Waals surface area contributed by atoms with Crippen LogP contribution in [0.4, 0.5) is 5.69 Å². The first-order valence-corrected chi connectivity index (χ1v) is 8.80. The van der Waals surface area contributed by atoms with E-state index in [0.29, 0.717) is 34.1 Å². The quantitative estimate of drug-likeness (QED) is 0.519. The van der Waals surface area contributed by atoms with Gasteiger partial charge in [-0.25, -0.2) is 0 Å². The zero-order valence-corrected chi connectivity index (χ0v) is 15.6. The highest BCUT2D eigenvalue weighted by molar-refractivity contribution is 7.08. The number of nitrogen functional groups attached to an aromatic ring is 1. The minimum atomic E-state index is -0.210. The summed E-state index contributed by atoms with van der Waals surface area (Å²) in [5.41, 5.74) is 9.48. The first kappa shape index (κ1) is 17.8.